The average molecular weight is 161 g/mol. The van der Waals surface area contributed by atoms with Crippen LogP contribution in [0.3, 0.4) is 0 Å². The van der Waals surface area contributed by atoms with Gasteiger partial charge in [-0.2, -0.15) is 23.6 Å². The second kappa shape index (κ2) is 6.80. The Hall–Kier alpha value is 0.116. The molecule has 0 nitrogen and oxygen atoms in total. The van der Waals surface area contributed by atoms with Gasteiger partial charge in [-0.1, -0.05) is 20.8 Å². The molecule has 0 aromatic heterocycles. The molecular weight excluding hydrogens is 144 g/mol. The van der Waals surface area contributed by atoms with Gasteiger partial charge in [0.05, 0.1) is 0 Å². The summed E-state index contributed by atoms with van der Waals surface area (Å²) in [6, 6.07) is 10.0. The Morgan fingerprint density at radius 2 is 1.36 bits per heavy atom. The molecule has 0 saturated heterocycles. The molecule has 0 N–H and O–H groups in total. The first-order valence-electron chi connectivity index (χ1n) is 3.52. The molecule has 1 aromatic rings. The largest absolute Gasteiger partial charge is 2.00 e. The van der Waals surface area contributed by atoms with Crippen LogP contribution in [0.25, 0.3) is 0 Å². The van der Waals surface area contributed by atoms with Crippen LogP contribution in [0.4, 0.5) is 0 Å². The smallest absolute Gasteiger partial charge is 0.338 e. The minimum Gasteiger partial charge on any atom is -0.338 e. The first kappa shape index (κ1) is 13.7. The Balaban J connectivity index is 0. The zero-order valence-electron chi connectivity index (χ0n) is 7.80. The molecule has 0 aliphatic rings. The fourth-order valence-corrected chi connectivity index (χ4v) is 0.321. The maximum Gasteiger partial charge on any atom is 2.00 e. The molecule has 1 rings (SSSR count). The standard InChI is InChI=1S/C5H5.C5H11.Mg/c1-2-4-5-3-1;1-5(2,3)4;/h1-5H;1H2,2-4H3;/q2*-1;+2. The average Bonchev–Trinajstić information content (AvgIpc) is 2.07. The summed E-state index contributed by atoms with van der Waals surface area (Å²) in [5, 5.41) is 0. The molecule has 0 aliphatic carbocycles. The molecule has 1 heteroatoms. The van der Waals surface area contributed by atoms with Crippen molar-refractivity contribution >= 4 is 23.1 Å². The predicted molar refractivity (Wildman–Crippen MR) is 52.6 cm³/mol. The van der Waals surface area contributed by atoms with E-state index in [1.807, 2.05) is 30.3 Å². The van der Waals surface area contributed by atoms with Crippen molar-refractivity contribution in [2.24, 2.45) is 5.41 Å². The van der Waals surface area contributed by atoms with Gasteiger partial charge in [0, 0.05) is 0 Å². The van der Waals surface area contributed by atoms with E-state index in [2.05, 4.69) is 27.7 Å². The van der Waals surface area contributed by atoms with Crippen LogP contribution < -0.4 is 0 Å². The van der Waals surface area contributed by atoms with Crippen LogP contribution >= 0.6 is 0 Å². The quantitative estimate of drug-likeness (QED) is 0.404. The summed E-state index contributed by atoms with van der Waals surface area (Å²) < 4.78 is 0. The third-order valence-electron chi connectivity index (χ3n) is 0.556. The topological polar surface area (TPSA) is 0 Å². The maximum atomic E-state index is 3.77. The normalized spacial score (nSPS) is 9.09. The third kappa shape index (κ3) is 25.5. The van der Waals surface area contributed by atoms with E-state index in [1.165, 1.54) is 0 Å². The Kier molecular flexibility index (Phi) is 8.47. The van der Waals surface area contributed by atoms with E-state index >= 15 is 0 Å². The van der Waals surface area contributed by atoms with Crippen molar-refractivity contribution in [1.29, 1.82) is 0 Å². The van der Waals surface area contributed by atoms with Crippen LogP contribution in [0.5, 0.6) is 0 Å². The zero-order valence-corrected chi connectivity index (χ0v) is 9.22. The summed E-state index contributed by atoms with van der Waals surface area (Å²) in [7, 11) is 0. The Morgan fingerprint density at radius 3 is 1.45 bits per heavy atom. The maximum absolute atomic E-state index is 3.77. The molecule has 11 heavy (non-hydrogen) atoms. The summed E-state index contributed by atoms with van der Waals surface area (Å²) in [5.41, 5.74) is 0.250. The molecule has 0 amide bonds. The van der Waals surface area contributed by atoms with Gasteiger partial charge in [0.1, 0.15) is 0 Å². The van der Waals surface area contributed by atoms with Gasteiger partial charge >= 0.3 is 23.1 Å². The molecule has 0 radical (unpaired) electrons. The van der Waals surface area contributed by atoms with Gasteiger partial charge in [-0.05, 0) is 0 Å². The Bertz CT molecular complexity index is 111. The van der Waals surface area contributed by atoms with Crippen molar-refractivity contribution in [2.75, 3.05) is 0 Å². The van der Waals surface area contributed by atoms with Gasteiger partial charge in [0.25, 0.3) is 0 Å². The monoisotopic (exact) mass is 160 g/mol. The fraction of sp³-hybridized carbons (Fsp3) is 0.400. The van der Waals surface area contributed by atoms with Gasteiger partial charge in [-0.15, -0.1) is 0 Å². The molecule has 0 aliphatic heterocycles. The van der Waals surface area contributed by atoms with Crippen LogP contribution in [0.15, 0.2) is 30.3 Å². The Labute approximate surface area is 86.5 Å². The van der Waals surface area contributed by atoms with Crippen molar-refractivity contribution in [2.45, 2.75) is 20.8 Å². The number of hydrogen-bond donors (Lipinski definition) is 0. The molecule has 0 atom stereocenters. The zero-order chi connectivity index (χ0) is 8.04. The van der Waals surface area contributed by atoms with Crippen LogP contribution in [0.1, 0.15) is 20.8 Å². The van der Waals surface area contributed by atoms with Crippen molar-refractivity contribution < 1.29 is 0 Å². The Morgan fingerprint density at radius 1 is 1.09 bits per heavy atom. The molecular formula is C10H16Mg. The first-order valence-corrected chi connectivity index (χ1v) is 3.52. The summed E-state index contributed by atoms with van der Waals surface area (Å²) in [6.07, 6.45) is 0. The fourth-order valence-electron chi connectivity index (χ4n) is 0.321. The van der Waals surface area contributed by atoms with Gasteiger partial charge in [0.15, 0.2) is 0 Å². The van der Waals surface area contributed by atoms with Crippen molar-refractivity contribution in [3.05, 3.63) is 37.3 Å². The van der Waals surface area contributed by atoms with Crippen LogP contribution in [-0.2, 0) is 0 Å². The van der Waals surface area contributed by atoms with Gasteiger partial charge in [-0.25, -0.2) is 12.1 Å². The van der Waals surface area contributed by atoms with Crippen molar-refractivity contribution in [3.63, 3.8) is 0 Å². The van der Waals surface area contributed by atoms with Crippen LogP contribution in [0.2, 0.25) is 0 Å². The van der Waals surface area contributed by atoms with Gasteiger partial charge < -0.3 is 6.92 Å². The van der Waals surface area contributed by atoms with E-state index in [0.29, 0.717) is 0 Å². The van der Waals surface area contributed by atoms with E-state index in [-0.39, 0.29) is 28.5 Å². The molecule has 0 fully saturated rings. The van der Waals surface area contributed by atoms with Crippen LogP contribution in [0, 0.1) is 12.3 Å². The van der Waals surface area contributed by atoms with Crippen LogP contribution in [-0.4, -0.2) is 23.1 Å². The SMILES string of the molecule is [CH2-]C(C)(C)C.[Mg+2].c1cc[cH-]c1. The van der Waals surface area contributed by atoms with E-state index in [1.54, 1.807) is 0 Å². The number of rotatable bonds is 0. The van der Waals surface area contributed by atoms with E-state index in [4.69, 9.17) is 0 Å². The van der Waals surface area contributed by atoms with E-state index in [0.717, 1.165) is 0 Å². The summed E-state index contributed by atoms with van der Waals surface area (Å²) in [5.74, 6) is 0. The number of hydrogen-bond acceptors (Lipinski definition) is 0. The molecule has 0 heterocycles. The molecule has 1 aromatic carbocycles. The van der Waals surface area contributed by atoms with Crippen molar-refractivity contribution in [3.8, 4) is 0 Å². The minimum absolute atomic E-state index is 0. The van der Waals surface area contributed by atoms with Gasteiger partial charge in [-0.3, -0.25) is 0 Å². The van der Waals surface area contributed by atoms with E-state index < -0.39 is 0 Å². The molecule has 0 spiro atoms. The van der Waals surface area contributed by atoms with Crippen molar-refractivity contribution in [1.82, 2.24) is 0 Å². The summed E-state index contributed by atoms with van der Waals surface area (Å²) in [4.78, 5) is 0. The predicted octanol–water partition coefficient (Wildman–Crippen LogP) is 2.89. The summed E-state index contributed by atoms with van der Waals surface area (Å²) in [6.45, 7) is 10.0. The van der Waals surface area contributed by atoms with E-state index in [9.17, 15) is 0 Å². The molecule has 0 saturated carbocycles. The minimum atomic E-state index is 0. The second-order valence-electron chi connectivity index (χ2n) is 3.52. The third-order valence-corrected chi connectivity index (χ3v) is 0.556. The molecule has 0 unspecified atom stereocenters. The molecule has 58 valence electrons. The second-order valence-corrected chi connectivity index (χ2v) is 3.52. The molecule has 0 bridgehead atoms. The summed E-state index contributed by atoms with van der Waals surface area (Å²) >= 11 is 0. The van der Waals surface area contributed by atoms with Gasteiger partial charge in [0.2, 0.25) is 0 Å². The first-order chi connectivity index (χ1) is 4.50.